The average Bonchev–Trinajstić information content (AvgIpc) is 3.37. The Bertz CT molecular complexity index is 1090. The van der Waals surface area contributed by atoms with E-state index in [2.05, 4.69) is 41.6 Å². The Morgan fingerprint density at radius 2 is 1.83 bits per heavy atom. The van der Waals surface area contributed by atoms with Crippen LogP contribution < -0.4 is 10.6 Å². The van der Waals surface area contributed by atoms with Gasteiger partial charge in [0.15, 0.2) is 5.76 Å². The number of thiophene rings is 1. The maximum Gasteiger partial charge on any atom is 0.291 e. The zero-order valence-corrected chi connectivity index (χ0v) is 17.0. The number of aryl methyl sites for hydroxylation is 1. The monoisotopic (exact) mass is 403 g/mol. The van der Waals surface area contributed by atoms with Gasteiger partial charge in [-0.25, -0.2) is 4.98 Å². The maximum absolute atomic E-state index is 12.6. The van der Waals surface area contributed by atoms with E-state index in [1.165, 1.54) is 6.26 Å². The van der Waals surface area contributed by atoms with E-state index in [1.807, 2.05) is 36.4 Å². The Balaban J connectivity index is 1.76. The van der Waals surface area contributed by atoms with E-state index in [4.69, 9.17) is 4.42 Å². The van der Waals surface area contributed by atoms with Crippen molar-refractivity contribution in [3.63, 3.8) is 0 Å². The highest BCUT2D eigenvalue weighted by Crippen LogP contribution is 2.40. The van der Waals surface area contributed by atoms with Crippen LogP contribution in [-0.4, -0.2) is 10.9 Å². The van der Waals surface area contributed by atoms with Crippen LogP contribution in [0.2, 0.25) is 0 Å². The molecule has 0 fully saturated rings. The number of benzene rings is 1. The summed E-state index contributed by atoms with van der Waals surface area (Å²) in [6.07, 6.45) is 3.26. The van der Waals surface area contributed by atoms with Crippen molar-refractivity contribution in [3.8, 4) is 0 Å². The Morgan fingerprint density at radius 3 is 2.52 bits per heavy atom. The lowest BCUT2D eigenvalue weighted by atomic mass is 9.96. The molecule has 0 unspecified atom stereocenters. The first-order valence-electron chi connectivity index (χ1n) is 9.30. The molecule has 1 aromatic carbocycles. The first-order chi connectivity index (χ1) is 14.1. The zero-order valence-electron chi connectivity index (χ0n) is 16.2. The van der Waals surface area contributed by atoms with E-state index in [0.29, 0.717) is 0 Å². The molecule has 0 radical (unpaired) electrons. The minimum Gasteiger partial charge on any atom is -0.459 e. The molecule has 3 heterocycles. The van der Waals surface area contributed by atoms with Crippen LogP contribution in [0.3, 0.4) is 0 Å². The van der Waals surface area contributed by atoms with Gasteiger partial charge in [-0.3, -0.25) is 4.79 Å². The summed E-state index contributed by atoms with van der Waals surface area (Å²) in [4.78, 5) is 18.2. The molecular formula is C23H21N3O2S. The van der Waals surface area contributed by atoms with Crippen LogP contribution in [0.25, 0.3) is 0 Å². The van der Waals surface area contributed by atoms with Crippen molar-refractivity contribution in [2.75, 3.05) is 10.6 Å². The molecule has 6 heteroatoms. The van der Waals surface area contributed by atoms with Gasteiger partial charge in [0, 0.05) is 16.6 Å². The lowest BCUT2D eigenvalue weighted by Gasteiger charge is -2.22. The summed E-state index contributed by atoms with van der Waals surface area (Å²) >= 11 is 1.57. The summed E-state index contributed by atoms with van der Waals surface area (Å²) in [7, 11) is 0. The quantitative estimate of drug-likeness (QED) is 0.426. The van der Waals surface area contributed by atoms with Crippen LogP contribution in [0.4, 0.5) is 10.8 Å². The van der Waals surface area contributed by atoms with Crippen LogP contribution in [0.5, 0.6) is 0 Å². The van der Waals surface area contributed by atoms with Crippen LogP contribution in [0.15, 0.2) is 77.5 Å². The molecule has 5 nitrogen and oxygen atoms in total. The van der Waals surface area contributed by atoms with Crippen molar-refractivity contribution in [1.29, 1.82) is 0 Å². The number of hydrogen-bond donors (Lipinski definition) is 2. The molecule has 0 bridgehead atoms. The summed E-state index contributed by atoms with van der Waals surface area (Å²) in [5, 5.41) is 7.38. The Morgan fingerprint density at radius 1 is 1.03 bits per heavy atom. The molecule has 1 atom stereocenters. The topological polar surface area (TPSA) is 67.2 Å². The van der Waals surface area contributed by atoms with Gasteiger partial charge in [-0.1, -0.05) is 36.4 Å². The smallest absolute Gasteiger partial charge is 0.291 e. The Kier molecular flexibility index (Phi) is 5.44. The fraction of sp³-hybridized carbons (Fsp3) is 0.130. The molecule has 29 heavy (non-hydrogen) atoms. The number of hydrogen-bond acceptors (Lipinski definition) is 5. The number of amides is 1. The first kappa shape index (κ1) is 19.0. The van der Waals surface area contributed by atoms with E-state index in [1.54, 1.807) is 29.7 Å². The standard InChI is InChI=1S/C23H21N3O2S/c1-15-16(2)29-23(26-22(27)18-11-8-14-28-18)20(15)21(17-9-4-3-5-10-17)25-19-12-6-7-13-24-19/h3-14,21H,1-2H3,(H,24,25)(H,26,27)/t21-/m1/s1. The lowest BCUT2D eigenvalue weighted by Crippen LogP contribution is -2.17. The molecule has 146 valence electrons. The van der Waals surface area contributed by atoms with Crippen LogP contribution in [-0.2, 0) is 0 Å². The number of anilines is 2. The number of rotatable bonds is 6. The molecule has 1 amide bonds. The number of pyridine rings is 1. The second kappa shape index (κ2) is 8.32. The fourth-order valence-electron chi connectivity index (χ4n) is 3.22. The first-order valence-corrected chi connectivity index (χ1v) is 10.1. The van der Waals surface area contributed by atoms with Gasteiger partial charge in [-0.05, 0) is 49.2 Å². The molecule has 0 spiro atoms. The molecule has 3 aromatic heterocycles. The van der Waals surface area contributed by atoms with Crippen molar-refractivity contribution in [1.82, 2.24) is 4.98 Å². The van der Waals surface area contributed by atoms with Crippen LogP contribution in [0, 0.1) is 13.8 Å². The summed E-state index contributed by atoms with van der Waals surface area (Å²) < 4.78 is 5.25. The molecular weight excluding hydrogens is 382 g/mol. The largest absolute Gasteiger partial charge is 0.459 e. The van der Waals surface area contributed by atoms with Crippen molar-refractivity contribution >= 4 is 28.1 Å². The van der Waals surface area contributed by atoms with Gasteiger partial charge in [0.05, 0.1) is 12.3 Å². The van der Waals surface area contributed by atoms with E-state index in [-0.39, 0.29) is 17.7 Å². The summed E-state index contributed by atoms with van der Waals surface area (Å²) in [6, 6.07) is 19.1. The highest BCUT2D eigenvalue weighted by molar-refractivity contribution is 7.16. The Labute approximate surface area is 173 Å². The third kappa shape index (κ3) is 4.07. The van der Waals surface area contributed by atoms with Crippen molar-refractivity contribution in [2.45, 2.75) is 19.9 Å². The maximum atomic E-state index is 12.6. The third-order valence-electron chi connectivity index (χ3n) is 4.78. The SMILES string of the molecule is Cc1sc(NC(=O)c2ccco2)c([C@H](Nc2ccccn2)c2ccccc2)c1C. The van der Waals surface area contributed by atoms with Crippen LogP contribution >= 0.6 is 11.3 Å². The third-order valence-corrected chi connectivity index (χ3v) is 5.92. The number of aromatic nitrogens is 1. The van der Waals surface area contributed by atoms with Gasteiger partial charge < -0.3 is 15.1 Å². The number of nitrogens with one attached hydrogen (secondary N) is 2. The van der Waals surface area contributed by atoms with Crippen molar-refractivity contribution in [3.05, 3.63) is 100 Å². The average molecular weight is 404 g/mol. The highest BCUT2D eigenvalue weighted by Gasteiger charge is 2.25. The van der Waals surface area contributed by atoms with Gasteiger partial charge in [-0.2, -0.15) is 0 Å². The molecule has 4 aromatic rings. The number of carbonyl (C=O) groups is 1. The van der Waals surface area contributed by atoms with Gasteiger partial charge in [-0.15, -0.1) is 11.3 Å². The summed E-state index contributed by atoms with van der Waals surface area (Å²) in [5.41, 5.74) is 3.26. The molecule has 0 aliphatic heterocycles. The molecule has 0 saturated heterocycles. The zero-order chi connectivity index (χ0) is 20.2. The van der Waals surface area contributed by atoms with Crippen molar-refractivity contribution < 1.29 is 9.21 Å². The molecule has 0 aliphatic carbocycles. The minimum absolute atomic E-state index is 0.164. The molecule has 0 saturated carbocycles. The highest BCUT2D eigenvalue weighted by atomic mass is 32.1. The summed E-state index contributed by atoms with van der Waals surface area (Å²) in [5.74, 6) is 0.795. The Hall–Kier alpha value is -3.38. The number of nitrogens with zero attached hydrogens (tertiary/aromatic N) is 1. The molecule has 4 rings (SSSR count). The minimum atomic E-state index is -0.262. The number of furan rings is 1. The second-order valence-corrected chi connectivity index (χ2v) is 7.89. The van der Waals surface area contributed by atoms with E-state index in [0.717, 1.165) is 32.4 Å². The van der Waals surface area contributed by atoms with Crippen molar-refractivity contribution in [2.24, 2.45) is 0 Å². The normalized spacial score (nSPS) is 11.8. The molecule has 2 N–H and O–H groups in total. The predicted molar refractivity (Wildman–Crippen MR) is 117 cm³/mol. The van der Waals surface area contributed by atoms with E-state index >= 15 is 0 Å². The van der Waals surface area contributed by atoms with Crippen LogP contribution in [0.1, 0.15) is 38.2 Å². The van der Waals surface area contributed by atoms with Gasteiger partial charge >= 0.3 is 0 Å². The lowest BCUT2D eigenvalue weighted by molar-refractivity contribution is 0.0997. The second-order valence-electron chi connectivity index (χ2n) is 6.66. The van der Waals surface area contributed by atoms with Gasteiger partial charge in [0.1, 0.15) is 10.8 Å². The number of carbonyl (C=O) groups excluding carboxylic acids is 1. The fourth-order valence-corrected chi connectivity index (χ4v) is 4.32. The van der Waals surface area contributed by atoms with E-state index < -0.39 is 0 Å². The van der Waals surface area contributed by atoms with E-state index in [9.17, 15) is 4.79 Å². The van der Waals surface area contributed by atoms with Gasteiger partial charge in [0.2, 0.25) is 0 Å². The summed E-state index contributed by atoms with van der Waals surface area (Å²) in [6.45, 7) is 4.15. The van der Waals surface area contributed by atoms with Gasteiger partial charge in [0.25, 0.3) is 5.91 Å². The molecule has 0 aliphatic rings. The predicted octanol–water partition coefficient (Wildman–Crippen LogP) is 5.81.